The molecule has 146 valence electrons. The number of carbonyl (C=O) groups is 1. The van der Waals surface area contributed by atoms with Crippen molar-refractivity contribution in [2.75, 3.05) is 13.9 Å². The summed E-state index contributed by atoms with van der Waals surface area (Å²) in [4.78, 5) is 12.1. The maximum Gasteiger partial charge on any atom is 0.155 e. The van der Waals surface area contributed by atoms with Gasteiger partial charge in [0.05, 0.1) is 6.10 Å². The van der Waals surface area contributed by atoms with Crippen molar-refractivity contribution < 1.29 is 14.3 Å². The molecule has 3 fully saturated rings. The van der Waals surface area contributed by atoms with E-state index in [0.29, 0.717) is 29.8 Å². The third-order valence-corrected chi connectivity index (χ3v) is 9.05. The molecule has 3 saturated carbocycles. The molecule has 0 heterocycles. The van der Waals surface area contributed by atoms with Gasteiger partial charge in [0.2, 0.25) is 0 Å². The molecule has 0 bridgehead atoms. The average molecular weight is 361 g/mol. The van der Waals surface area contributed by atoms with Gasteiger partial charge in [-0.3, -0.25) is 4.79 Å². The minimum absolute atomic E-state index is 0.205. The first-order chi connectivity index (χ1) is 12.4. The highest BCUT2D eigenvalue weighted by molar-refractivity contribution is 5.91. The van der Waals surface area contributed by atoms with Crippen LogP contribution in [0.15, 0.2) is 11.6 Å². The third-order valence-electron chi connectivity index (χ3n) is 9.05. The molecule has 0 aromatic rings. The van der Waals surface area contributed by atoms with Crippen LogP contribution in [-0.4, -0.2) is 25.8 Å². The molecule has 3 nitrogen and oxygen atoms in total. The van der Waals surface area contributed by atoms with Crippen molar-refractivity contribution >= 4 is 5.78 Å². The lowest BCUT2D eigenvalue weighted by Gasteiger charge is -2.60. The maximum absolute atomic E-state index is 12.1. The van der Waals surface area contributed by atoms with Gasteiger partial charge < -0.3 is 9.47 Å². The summed E-state index contributed by atoms with van der Waals surface area (Å²) in [5, 5.41) is 0. The molecule has 26 heavy (non-hydrogen) atoms. The molecule has 7 unspecified atom stereocenters. The lowest BCUT2D eigenvalue weighted by molar-refractivity contribution is -0.164. The molecule has 0 aromatic heterocycles. The van der Waals surface area contributed by atoms with E-state index >= 15 is 0 Å². The molecule has 0 radical (unpaired) electrons. The first kappa shape index (κ1) is 18.7. The van der Waals surface area contributed by atoms with Gasteiger partial charge in [-0.2, -0.15) is 0 Å². The first-order valence-corrected chi connectivity index (χ1v) is 10.8. The summed E-state index contributed by atoms with van der Waals surface area (Å²) in [6, 6.07) is 0. The van der Waals surface area contributed by atoms with Crippen molar-refractivity contribution in [3.63, 3.8) is 0 Å². The zero-order valence-electron chi connectivity index (χ0n) is 17.1. The van der Waals surface area contributed by atoms with Crippen LogP contribution in [0.25, 0.3) is 0 Å². The molecule has 4 aliphatic carbocycles. The summed E-state index contributed by atoms with van der Waals surface area (Å²) < 4.78 is 11.6. The van der Waals surface area contributed by atoms with Crippen LogP contribution in [-0.2, 0) is 14.3 Å². The largest absolute Gasteiger partial charge is 0.359 e. The summed E-state index contributed by atoms with van der Waals surface area (Å²) in [7, 11) is 1.71. The van der Waals surface area contributed by atoms with E-state index in [1.807, 2.05) is 6.08 Å². The second-order valence-electron chi connectivity index (χ2n) is 9.89. The van der Waals surface area contributed by atoms with Crippen molar-refractivity contribution in [1.82, 2.24) is 0 Å². The van der Waals surface area contributed by atoms with E-state index in [1.165, 1.54) is 37.7 Å². The predicted octanol–water partition coefficient (Wildman–Crippen LogP) is 5.14. The third kappa shape index (κ3) is 2.64. The smallest absolute Gasteiger partial charge is 0.155 e. The Labute approximate surface area is 158 Å². The van der Waals surface area contributed by atoms with Crippen LogP contribution in [0.3, 0.4) is 0 Å². The minimum Gasteiger partial charge on any atom is -0.359 e. The normalized spacial score (nSPS) is 47.8. The number of fused-ring (bicyclic) bond motifs is 5. The van der Waals surface area contributed by atoms with Gasteiger partial charge in [0.1, 0.15) is 6.79 Å². The van der Waals surface area contributed by atoms with Crippen LogP contribution >= 0.6 is 0 Å². The van der Waals surface area contributed by atoms with Crippen LogP contribution in [0, 0.1) is 34.5 Å². The molecule has 0 aliphatic heterocycles. The SMILES string of the molecule is CCC1CCC2C3C(OCOC)CC4=CC(=O)CCC4(C)C3CCC12C. The Morgan fingerprint density at radius 2 is 1.96 bits per heavy atom. The van der Waals surface area contributed by atoms with E-state index in [2.05, 4.69) is 20.8 Å². The van der Waals surface area contributed by atoms with E-state index in [9.17, 15) is 4.79 Å². The zero-order chi connectivity index (χ0) is 18.5. The van der Waals surface area contributed by atoms with Gasteiger partial charge in [-0.05, 0) is 79.1 Å². The molecule has 7 atom stereocenters. The van der Waals surface area contributed by atoms with Gasteiger partial charge in [-0.25, -0.2) is 0 Å². The van der Waals surface area contributed by atoms with Crippen molar-refractivity contribution in [1.29, 1.82) is 0 Å². The van der Waals surface area contributed by atoms with E-state index in [-0.39, 0.29) is 11.5 Å². The quantitative estimate of drug-likeness (QED) is 0.651. The number of ether oxygens (including phenoxy) is 2. The summed E-state index contributed by atoms with van der Waals surface area (Å²) in [6.07, 6.45) is 11.6. The maximum atomic E-state index is 12.1. The second-order valence-corrected chi connectivity index (χ2v) is 9.89. The van der Waals surface area contributed by atoms with Crippen LogP contribution < -0.4 is 0 Å². The van der Waals surface area contributed by atoms with Crippen LogP contribution in [0.2, 0.25) is 0 Å². The predicted molar refractivity (Wildman–Crippen MR) is 103 cm³/mol. The topological polar surface area (TPSA) is 35.5 Å². The Balaban J connectivity index is 1.71. The van der Waals surface area contributed by atoms with Crippen molar-refractivity contribution in [3.8, 4) is 0 Å². The van der Waals surface area contributed by atoms with Gasteiger partial charge >= 0.3 is 0 Å². The molecule has 0 spiro atoms. The average Bonchev–Trinajstić information content (AvgIpc) is 2.97. The van der Waals surface area contributed by atoms with Crippen molar-refractivity contribution in [3.05, 3.63) is 11.6 Å². The Kier molecular flexibility index (Phi) is 4.84. The van der Waals surface area contributed by atoms with Gasteiger partial charge in [-0.15, -0.1) is 0 Å². The molecule has 0 saturated heterocycles. The number of carbonyl (C=O) groups excluding carboxylic acids is 1. The lowest BCUT2D eigenvalue weighted by Crippen LogP contribution is -2.56. The lowest BCUT2D eigenvalue weighted by atomic mass is 9.46. The summed E-state index contributed by atoms with van der Waals surface area (Å²) in [5.41, 5.74) is 2.05. The Bertz CT molecular complexity index is 596. The van der Waals surface area contributed by atoms with Gasteiger partial charge in [0.25, 0.3) is 0 Å². The fourth-order valence-electron chi connectivity index (χ4n) is 7.60. The standard InChI is InChI=1S/C23H36O3/c1-5-15-6-7-18-21-19(9-11-22(15,18)2)23(3)10-8-17(24)12-16(23)13-20(21)26-14-25-4/h12,15,18-21H,5-11,13-14H2,1-4H3. The Hall–Kier alpha value is -0.670. The minimum atomic E-state index is 0.205. The molecule has 0 aromatic carbocycles. The number of rotatable bonds is 4. The highest BCUT2D eigenvalue weighted by Crippen LogP contribution is 2.67. The molecule has 4 rings (SSSR count). The van der Waals surface area contributed by atoms with E-state index < -0.39 is 0 Å². The zero-order valence-corrected chi connectivity index (χ0v) is 17.1. The highest BCUT2D eigenvalue weighted by Gasteiger charge is 2.61. The fourth-order valence-corrected chi connectivity index (χ4v) is 7.60. The molecule has 3 heteroatoms. The molecule has 4 aliphatic rings. The summed E-state index contributed by atoms with van der Waals surface area (Å²) >= 11 is 0. The van der Waals surface area contributed by atoms with Crippen molar-refractivity contribution in [2.45, 2.75) is 78.2 Å². The number of hydrogen-bond donors (Lipinski definition) is 0. The number of methoxy groups -OCH3 is 1. The van der Waals surface area contributed by atoms with Gasteiger partial charge in [-0.1, -0.05) is 32.8 Å². The van der Waals surface area contributed by atoms with Crippen LogP contribution in [0.5, 0.6) is 0 Å². The fraction of sp³-hybridized carbons (Fsp3) is 0.870. The number of hydrogen-bond acceptors (Lipinski definition) is 3. The van der Waals surface area contributed by atoms with E-state index in [1.54, 1.807) is 7.11 Å². The van der Waals surface area contributed by atoms with Gasteiger partial charge in [0, 0.05) is 13.5 Å². The summed E-state index contributed by atoms with van der Waals surface area (Å²) in [6.45, 7) is 7.76. The Morgan fingerprint density at radius 1 is 1.15 bits per heavy atom. The van der Waals surface area contributed by atoms with Crippen LogP contribution in [0.4, 0.5) is 0 Å². The van der Waals surface area contributed by atoms with E-state index in [4.69, 9.17) is 9.47 Å². The monoisotopic (exact) mass is 360 g/mol. The molecule has 0 amide bonds. The van der Waals surface area contributed by atoms with E-state index in [0.717, 1.165) is 31.1 Å². The van der Waals surface area contributed by atoms with Crippen molar-refractivity contribution in [2.24, 2.45) is 34.5 Å². The molecule has 0 N–H and O–H groups in total. The number of ketones is 1. The second kappa shape index (κ2) is 6.74. The first-order valence-electron chi connectivity index (χ1n) is 10.8. The summed E-state index contributed by atoms with van der Waals surface area (Å²) in [5.74, 6) is 3.23. The molecular formula is C23H36O3. The molecular weight excluding hydrogens is 324 g/mol. The van der Waals surface area contributed by atoms with Crippen LogP contribution in [0.1, 0.15) is 72.1 Å². The highest BCUT2D eigenvalue weighted by atomic mass is 16.7. The van der Waals surface area contributed by atoms with Gasteiger partial charge in [0.15, 0.2) is 5.78 Å². The Morgan fingerprint density at radius 3 is 2.69 bits per heavy atom.